The van der Waals surface area contributed by atoms with E-state index in [1.54, 1.807) is 6.92 Å². The van der Waals surface area contributed by atoms with Crippen LogP contribution in [0.1, 0.15) is 28.5 Å². The summed E-state index contributed by atoms with van der Waals surface area (Å²) in [4.78, 5) is 20.6. The van der Waals surface area contributed by atoms with Gasteiger partial charge in [0.15, 0.2) is 0 Å². The number of nitrogens with one attached hydrogen (secondary N) is 1. The number of hydrogen-bond donors (Lipinski definition) is 1. The van der Waals surface area contributed by atoms with E-state index in [1.807, 2.05) is 0 Å². The van der Waals surface area contributed by atoms with Crippen molar-refractivity contribution < 1.29 is 13.9 Å². The maximum absolute atomic E-state index is 14.0. The summed E-state index contributed by atoms with van der Waals surface area (Å²) in [5.74, 6) is -0.731. The third-order valence-electron chi connectivity index (χ3n) is 6.10. The van der Waals surface area contributed by atoms with Gasteiger partial charge in [0.1, 0.15) is 5.82 Å². The summed E-state index contributed by atoms with van der Waals surface area (Å²) in [6.45, 7) is 5.36. The number of aromatic nitrogens is 1. The number of fused-ring (bicyclic) bond motifs is 4. The van der Waals surface area contributed by atoms with Gasteiger partial charge in [0.05, 0.1) is 17.9 Å². The molecule has 1 unspecified atom stereocenters. The van der Waals surface area contributed by atoms with Crippen LogP contribution in [0.2, 0.25) is 0 Å². The molecule has 29 heavy (non-hydrogen) atoms. The largest absolute Gasteiger partial charge is 0.462 e. The zero-order valence-electron chi connectivity index (χ0n) is 16.5. The summed E-state index contributed by atoms with van der Waals surface area (Å²) in [5.41, 5.74) is 4.93. The van der Waals surface area contributed by atoms with Gasteiger partial charge in [-0.1, -0.05) is 18.2 Å². The molecule has 0 radical (unpaired) electrons. The molecule has 0 aliphatic carbocycles. The van der Waals surface area contributed by atoms with Crippen molar-refractivity contribution in [1.29, 1.82) is 0 Å². The van der Waals surface area contributed by atoms with Crippen LogP contribution >= 0.6 is 0 Å². The van der Waals surface area contributed by atoms with Crippen LogP contribution in [0.5, 0.6) is 0 Å². The number of nitrogens with zero attached hydrogens (tertiary/aromatic N) is 2. The van der Waals surface area contributed by atoms with Gasteiger partial charge in [-0.05, 0) is 43.2 Å². The monoisotopic (exact) mass is 393 g/mol. The molecule has 2 aliphatic rings. The Morgan fingerprint density at radius 3 is 2.97 bits per heavy atom. The number of para-hydroxylation sites is 1. The zero-order valence-corrected chi connectivity index (χ0v) is 16.5. The molecular weight excluding hydrogens is 369 g/mol. The van der Waals surface area contributed by atoms with Gasteiger partial charge >= 0.3 is 5.97 Å². The Morgan fingerprint density at radius 1 is 1.24 bits per heavy atom. The summed E-state index contributed by atoms with van der Waals surface area (Å²) >= 11 is 0. The minimum Gasteiger partial charge on any atom is -0.462 e. The number of anilines is 1. The Bertz CT molecular complexity index is 1080. The third kappa shape index (κ3) is 3.17. The molecule has 2 aliphatic heterocycles. The second kappa shape index (κ2) is 7.19. The molecule has 3 heterocycles. The molecule has 1 N–H and O–H groups in total. The predicted molar refractivity (Wildman–Crippen MR) is 111 cm³/mol. The van der Waals surface area contributed by atoms with E-state index >= 15 is 0 Å². The van der Waals surface area contributed by atoms with Crippen molar-refractivity contribution in [1.82, 2.24) is 9.88 Å². The first-order valence-electron chi connectivity index (χ1n) is 10.2. The quantitative estimate of drug-likeness (QED) is 0.689. The van der Waals surface area contributed by atoms with E-state index < -0.39 is 5.97 Å². The molecule has 1 saturated heterocycles. The second-order valence-corrected chi connectivity index (χ2v) is 7.78. The Hall–Kier alpha value is -2.86. The first-order valence-corrected chi connectivity index (χ1v) is 10.2. The van der Waals surface area contributed by atoms with Gasteiger partial charge in [-0.25, -0.2) is 9.18 Å². The predicted octanol–water partition coefficient (Wildman–Crippen LogP) is 3.73. The number of aromatic amines is 1. The minimum atomic E-state index is -0.396. The lowest BCUT2D eigenvalue weighted by Gasteiger charge is -2.45. The van der Waals surface area contributed by atoms with Crippen LogP contribution in [0.15, 0.2) is 42.5 Å². The molecule has 3 aromatic rings. The Kier molecular flexibility index (Phi) is 4.51. The molecule has 0 saturated carbocycles. The van der Waals surface area contributed by atoms with Gasteiger partial charge in [-0.3, -0.25) is 4.90 Å². The molecular formula is C23H24FN3O2. The molecule has 1 aromatic heterocycles. The lowest BCUT2D eigenvalue weighted by molar-refractivity contribution is 0.0526. The highest BCUT2D eigenvalue weighted by atomic mass is 19.1. The van der Waals surface area contributed by atoms with E-state index in [0.717, 1.165) is 32.6 Å². The van der Waals surface area contributed by atoms with E-state index in [4.69, 9.17) is 4.74 Å². The summed E-state index contributed by atoms with van der Waals surface area (Å²) in [5, 5.41) is 1.29. The summed E-state index contributed by atoms with van der Waals surface area (Å²) < 4.78 is 19.2. The van der Waals surface area contributed by atoms with Crippen molar-refractivity contribution in [2.45, 2.75) is 25.9 Å². The van der Waals surface area contributed by atoms with Crippen molar-refractivity contribution in [3.05, 3.63) is 65.1 Å². The van der Waals surface area contributed by atoms with E-state index in [-0.39, 0.29) is 5.82 Å². The summed E-state index contributed by atoms with van der Waals surface area (Å²) in [6.07, 6.45) is 0.944. The van der Waals surface area contributed by atoms with E-state index in [0.29, 0.717) is 23.9 Å². The van der Waals surface area contributed by atoms with E-state index in [1.165, 1.54) is 40.4 Å². The fraction of sp³-hybridized carbons (Fsp3) is 0.348. The van der Waals surface area contributed by atoms with Crippen LogP contribution in [0.25, 0.3) is 10.9 Å². The average Bonchev–Trinajstić information content (AvgIpc) is 3.09. The summed E-state index contributed by atoms with van der Waals surface area (Å²) in [7, 11) is 0. The van der Waals surface area contributed by atoms with Crippen LogP contribution in [0, 0.1) is 5.82 Å². The highest BCUT2D eigenvalue weighted by molar-refractivity contribution is 5.96. The fourth-order valence-electron chi connectivity index (χ4n) is 4.72. The van der Waals surface area contributed by atoms with Crippen LogP contribution in [-0.2, 0) is 17.7 Å². The highest BCUT2D eigenvalue weighted by Gasteiger charge is 2.34. The smallest absolute Gasteiger partial charge is 0.340 e. The van der Waals surface area contributed by atoms with Gasteiger partial charge in [0.2, 0.25) is 0 Å². The van der Waals surface area contributed by atoms with Gasteiger partial charge in [0, 0.05) is 48.8 Å². The Balaban J connectivity index is 1.44. The molecule has 5 nitrogen and oxygen atoms in total. The maximum atomic E-state index is 14.0. The number of H-pyrrole nitrogens is 1. The molecule has 2 aromatic carbocycles. The third-order valence-corrected chi connectivity index (χ3v) is 6.10. The van der Waals surface area contributed by atoms with Crippen molar-refractivity contribution in [2.24, 2.45) is 0 Å². The SMILES string of the molecule is CCOC(=O)c1ccc(F)cc1N1CCN2Cc3[nH]c4ccccc4c3CC2C1. The Morgan fingerprint density at radius 2 is 2.10 bits per heavy atom. The standard InChI is InChI=1S/C23H24FN3O2/c1-2-29-23(28)18-8-7-15(24)11-22(18)27-10-9-26-14-21-19(12-16(26)13-27)17-5-3-4-6-20(17)25-21/h3-8,11,16,25H,2,9-10,12-14H2,1H3. The molecule has 0 bridgehead atoms. The lowest BCUT2D eigenvalue weighted by atomic mass is 9.94. The normalized spacial score (nSPS) is 19.1. The molecule has 1 atom stereocenters. The number of hydrogen-bond acceptors (Lipinski definition) is 4. The summed E-state index contributed by atoms with van der Waals surface area (Å²) in [6, 6.07) is 13.1. The number of rotatable bonds is 3. The maximum Gasteiger partial charge on any atom is 0.340 e. The van der Waals surface area contributed by atoms with Crippen molar-refractivity contribution in [3.8, 4) is 0 Å². The number of ether oxygens (including phenoxy) is 1. The van der Waals surface area contributed by atoms with Gasteiger partial charge < -0.3 is 14.6 Å². The van der Waals surface area contributed by atoms with E-state index in [9.17, 15) is 9.18 Å². The van der Waals surface area contributed by atoms with Crippen molar-refractivity contribution in [3.63, 3.8) is 0 Å². The van der Waals surface area contributed by atoms with Gasteiger partial charge in [-0.15, -0.1) is 0 Å². The molecule has 6 heteroatoms. The van der Waals surface area contributed by atoms with Crippen molar-refractivity contribution in [2.75, 3.05) is 31.1 Å². The highest BCUT2D eigenvalue weighted by Crippen LogP contribution is 2.33. The minimum absolute atomic E-state index is 0.301. The lowest BCUT2D eigenvalue weighted by Crippen LogP contribution is -2.55. The Labute approximate surface area is 169 Å². The van der Waals surface area contributed by atoms with Crippen LogP contribution in [0.4, 0.5) is 10.1 Å². The second-order valence-electron chi connectivity index (χ2n) is 7.78. The van der Waals surface area contributed by atoms with Crippen LogP contribution < -0.4 is 4.90 Å². The molecule has 5 rings (SSSR count). The van der Waals surface area contributed by atoms with Crippen molar-refractivity contribution >= 4 is 22.6 Å². The molecule has 0 spiro atoms. The number of benzene rings is 2. The van der Waals surface area contributed by atoms with E-state index in [2.05, 4.69) is 39.0 Å². The number of halogens is 1. The number of esters is 1. The number of piperazine rings is 1. The topological polar surface area (TPSA) is 48.6 Å². The number of carbonyl (C=O) groups is 1. The first kappa shape index (κ1) is 18.2. The average molecular weight is 393 g/mol. The molecule has 1 fully saturated rings. The molecule has 150 valence electrons. The van der Waals surface area contributed by atoms with Gasteiger partial charge in [-0.2, -0.15) is 0 Å². The zero-order chi connectivity index (χ0) is 20.0. The first-order chi connectivity index (χ1) is 14.1. The van der Waals surface area contributed by atoms with Crippen LogP contribution in [0.3, 0.4) is 0 Å². The fourth-order valence-corrected chi connectivity index (χ4v) is 4.72. The van der Waals surface area contributed by atoms with Gasteiger partial charge in [0.25, 0.3) is 0 Å². The van der Waals surface area contributed by atoms with Crippen LogP contribution in [-0.4, -0.2) is 48.1 Å². The number of carbonyl (C=O) groups excluding carboxylic acids is 1. The molecule has 0 amide bonds.